The third kappa shape index (κ3) is 2.51. The van der Waals surface area contributed by atoms with Gasteiger partial charge in [-0.1, -0.05) is 25.5 Å². The molecule has 4 rings (SSSR count). The molecule has 3 N–H and O–H groups in total. The van der Waals surface area contributed by atoms with Gasteiger partial charge in [0.15, 0.2) is 0 Å². The second-order valence-electron chi connectivity index (χ2n) is 10.1. The summed E-state index contributed by atoms with van der Waals surface area (Å²) in [5.74, 6) is 0.922. The van der Waals surface area contributed by atoms with E-state index < -0.39 is 11.6 Å². The highest BCUT2D eigenvalue weighted by Gasteiger charge is 2.63. The SMILES string of the molecule is CC12CCC(O)CC1=CCC1C2CCC2(C)C1CCC2(O)CCC(=O)O. The Morgan fingerprint density at radius 2 is 1.88 bits per heavy atom. The molecule has 0 aliphatic heterocycles. The van der Waals surface area contributed by atoms with Gasteiger partial charge in [-0.2, -0.15) is 0 Å². The molecule has 0 heterocycles. The van der Waals surface area contributed by atoms with Crippen LogP contribution in [-0.4, -0.2) is 33.0 Å². The van der Waals surface area contributed by atoms with Gasteiger partial charge >= 0.3 is 5.97 Å². The summed E-state index contributed by atoms with van der Waals surface area (Å²) in [6.45, 7) is 4.64. The Morgan fingerprint density at radius 3 is 2.62 bits per heavy atom. The van der Waals surface area contributed by atoms with Gasteiger partial charge in [0.25, 0.3) is 0 Å². The molecular formula is C22H34O4. The van der Waals surface area contributed by atoms with Gasteiger partial charge in [-0.25, -0.2) is 0 Å². The molecule has 0 aromatic rings. The van der Waals surface area contributed by atoms with Crippen molar-refractivity contribution in [1.82, 2.24) is 0 Å². The maximum atomic E-state index is 11.4. The average Bonchev–Trinajstić information content (AvgIpc) is 2.86. The van der Waals surface area contributed by atoms with Crippen molar-refractivity contribution < 1.29 is 20.1 Å². The van der Waals surface area contributed by atoms with E-state index in [2.05, 4.69) is 19.9 Å². The highest BCUT2D eigenvalue weighted by molar-refractivity contribution is 5.66. The number of hydrogen-bond acceptors (Lipinski definition) is 3. The monoisotopic (exact) mass is 362 g/mol. The molecule has 0 aromatic carbocycles. The minimum atomic E-state index is -0.825. The van der Waals surface area contributed by atoms with Crippen molar-refractivity contribution in [2.45, 2.75) is 89.8 Å². The van der Waals surface area contributed by atoms with Crippen molar-refractivity contribution in [1.29, 1.82) is 0 Å². The number of rotatable bonds is 3. The molecule has 3 saturated carbocycles. The van der Waals surface area contributed by atoms with Gasteiger partial charge in [-0.3, -0.25) is 4.79 Å². The number of carboxylic acid groups (broad SMARTS) is 1. The third-order valence-corrected chi connectivity index (χ3v) is 9.15. The lowest BCUT2D eigenvalue weighted by molar-refractivity contribution is -0.146. The second kappa shape index (κ2) is 6.07. The standard InChI is InChI=1S/C22H34O4/c1-20-9-5-15(23)13-14(20)3-4-16-17(20)6-10-21(2)18(16)7-11-22(21,26)12-8-19(24)25/h3,15-18,23,26H,4-13H2,1-2H3,(H,24,25). The van der Waals surface area contributed by atoms with Crippen LogP contribution in [0.1, 0.15) is 78.1 Å². The lowest BCUT2D eigenvalue weighted by Gasteiger charge is -2.59. The van der Waals surface area contributed by atoms with E-state index in [9.17, 15) is 15.0 Å². The van der Waals surface area contributed by atoms with Gasteiger partial charge in [-0.05, 0) is 86.4 Å². The number of hydrogen-bond donors (Lipinski definition) is 3. The van der Waals surface area contributed by atoms with Gasteiger partial charge in [-0.15, -0.1) is 0 Å². The van der Waals surface area contributed by atoms with Gasteiger partial charge in [0.2, 0.25) is 0 Å². The van der Waals surface area contributed by atoms with E-state index in [1.54, 1.807) is 0 Å². The maximum absolute atomic E-state index is 11.4. The molecule has 0 aromatic heterocycles. The van der Waals surface area contributed by atoms with Crippen LogP contribution in [-0.2, 0) is 4.79 Å². The summed E-state index contributed by atoms with van der Waals surface area (Å²) in [5, 5.41) is 30.6. The fraction of sp³-hybridized carbons (Fsp3) is 0.864. The molecule has 0 amide bonds. The van der Waals surface area contributed by atoms with Crippen molar-refractivity contribution in [3.63, 3.8) is 0 Å². The first-order chi connectivity index (χ1) is 12.2. The third-order valence-electron chi connectivity index (χ3n) is 9.15. The Hall–Kier alpha value is -0.870. The van der Waals surface area contributed by atoms with E-state index in [1.807, 2.05) is 0 Å². The topological polar surface area (TPSA) is 77.8 Å². The van der Waals surface area contributed by atoms with Crippen molar-refractivity contribution >= 4 is 5.97 Å². The molecule has 4 aliphatic rings. The smallest absolute Gasteiger partial charge is 0.303 e. The quantitative estimate of drug-likeness (QED) is 0.665. The Bertz CT molecular complexity index is 628. The van der Waals surface area contributed by atoms with E-state index >= 15 is 0 Å². The summed E-state index contributed by atoms with van der Waals surface area (Å²) < 4.78 is 0. The molecule has 4 aliphatic carbocycles. The van der Waals surface area contributed by atoms with E-state index in [0.29, 0.717) is 24.2 Å². The van der Waals surface area contributed by atoms with Gasteiger partial charge in [0.1, 0.15) is 0 Å². The number of aliphatic hydroxyl groups excluding tert-OH is 1. The number of carboxylic acids is 1. The molecule has 4 nitrogen and oxygen atoms in total. The van der Waals surface area contributed by atoms with Crippen molar-refractivity contribution in [2.24, 2.45) is 28.6 Å². The van der Waals surface area contributed by atoms with Crippen LogP contribution in [0.4, 0.5) is 0 Å². The molecule has 0 spiro atoms. The molecule has 0 radical (unpaired) electrons. The number of allylic oxidation sites excluding steroid dienone is 1. The van der Waals surface area contributed by atoms with Crippen LogP contribution in [0.5, 0.6) is 0 Å². The first kappa shape index (κ1) is 18.5. The largest absolute Gasteiger partial charge is 0.481 e. The first-order valence-electron chi connectivity index (χ1n) is 10.5. The van der Waals surface area contributed by atoms with Crippen LogP contribution in [0.2, 0.25) is 0 Å². The van der Waals surface area contributed by atoms with E-state index in [-0.39, 0.29) is 23.4 Å². The molecule has 7 atom stereocenters. The number of carbonyl (C=O) groups is 1. The van der Waals surface area contributed by atoms with Gasteiger partial charge < -0.3 is 15.3 Å². The van der Waals surface area contributed by atoms with Crippen molar-refractivity contribution in [3.05, 3.63) is 11.6 Å². The van der Waals surface area contributed by atoms with Gasteiger partial charge in [0, 0.05) is 6.42 Å². The average molecular weight is 363 g/mol. The lowest BCUT2D eigenvalue weighted by Crippen LogP contribution is -2.54. The zero-order valence-electron chi connectivity index (χ0n) is 16.2. The highest BCUT2D eigenvalue weighted by atomic mass is 16.4. The summed E-state index contributed by atoms with van der Waals surface area (Å²) in [7, 11) is 0. The van der Waals surface area contributed by atoms with Crippen LogP contribution >= 0.6 is 0 Å². The molecule has 0 saturated heterocycles. The molecule has 3 fully saturated rings. The zero-order chi connectivity index (χ0) is 18.7. The van der Waals surface area contributed by atoms with E-state index in [0.717, 1.165) is 51.4 Å². The second-order valence-corrected chi connectivity index (χ2v) is 10.1. The molecule has 7 unspecified atom stereocenters. The van der Waals surface area contributed by atoms with Crippen molar-refractivity contribution in [3.8, 4) is 0 Å². The predicted molar refractivity (Wildman–Crippen MR) is 99.5 cm³/mol. The Morgan fingerprint density at radius 1 is 1.15 bits per heavy atom. The van der Waals surface area contributed by atoms with Crippen LogP contribution in [0.25, 0.3) is 0 Å². The summed E-state index contributed by atoms with van der Waals surface area (Å²) in [5.41, 5.74) is 0.708. The van der Waals surface area contributed by atoms with Crippen LogP contribution in [0, 0.1) is 28.6 Å². The van der Waals surface area contributed by atoms with E-state index in [4.69, 9.17) is 5.11 Å². The van der Waals surface area contributed by atoms with Gasteiger partial charge in [0.05, 0.1) is 11.7 Å². The van der Waals surface area contributed by atoms with Crippen molar-refractivity contribution in [2.75, 3.05) is 0 Å². The molecule has 146 valence electrons. The Labute approximate surface area is 156 Å². The summed E-state index contributed by atoms with van der Waals surface area (Å²) >= 11 is 0. The first-order valence-corrected chi connectivity index (χ1v) is 10.5. The lowest BCUT2D eigenvalue weighted by atomic mass is 9.47. The normalized spacial score (nSPS) is 50.4. The number of aliphatic carboxylic acids is 1. The van der Waals surface area contributed by atoms with E-state index in [1.165, 1.54) is 5.57 Å². The molecular weight excluding hydrogens is 328 g/mol. The minimum Gasteiger partial charge on any atom is -0.481 e. The molecule has 26 heavy (non-hydrogen) atoms. The highest BCUT2D eigenvalue weighted by Crippen LogP contribution is 2.67. The number of fused-ring (bicyclic) bond motifs is 5. The fourth-order valence-corrected chi connectivity index (χ4v) is 7.48. The number of aliphatic hydroxyl groups is 2. The molecule has 4 heteroatoms. The summed E-state index contributed by atoms with van der Waals surface area (Å²) in [4.78, 5) is 11.1. The predicted octanol–water partition coefficient (Wildman–Crippen LogP) is 3.91. The zero-order valence-corrected chi connectivity index (χ0v) is 16.2. The van der Waals surface area contributed by atoms with Crippen LogP contribution < -0.4 is 0 Å². The Balaban J connectivity index is 1.61. The summed E-state index contributed by atoms with van der Waals surface area (Å²) in [6, 6.07) is 0. The summed E-state index contributed by atoms with van der Waals surface area (Å²) in [6.07, 6.45) is 10.5. The van der Waals surface area contributed by atoms with Crippen LogP contribution in [0.15, 0.2) is 11.6 Å². The minimum absolute atomic E-state index is 0.0621. The van der Waals surface area contributed by atoms with Crippen LogP contribution in [0.3, 0.4) is 0 Å². The Kier molecular flexibility index (Phi) is 4.31. The molecule has 0 bridgehead atoms. The maximum Gasteiger partial charge on any atom is 0.303 e. The fourth-order valence-electron chi connectivity index (χ4n) is 7.48.